The van der Waals surface area contributed by atoms with Gasteiger partial charge in [0.05, 0.1) is 31.9 Å². The van der Waals surface area contributed by atoms with Crippen LogP contribution in [-0.2, 0) is 9.53 Å². The van der Waals surface area contributed by atoms with Gasteiger partial charge >= 0.3 is 11.9 Å². The molecule has 4 aromatic rings. The maximum Gasteiger partial charge on any atom is 0.363 e. The Morgan fingerprint density at radius 3 is 2.32 bits per heavy atom. The summed E-state index contributed by atoms with van der Waals surface area (Å²) in [6, 6.07) is 17.3. The number of aliphatic imine (C=N–C) groups is 1. The third kappa shape index (κ3) is 4.69. The minimum Gasteiger partial charge on any atom is -0.493 e. The van der Waals surface area contributed by atoms with E-state index >= 15 is 0 Å². The normalized spacial score (nSPS) is 13.8. The summed E-state index contributed by atoms with van der Waals surface area (Å²) in [7, 11) is 4.38. The average Bonchev–Trinajstić information content (AvgIpc) is 3.47. The van der Waals surface area contributed by atoms with Crippen molar-refractivity contribution in [1.29, 1.82) is 0 Å². The number of para-hydroxylation sites is 1. The number of hydrogen-bond acceptors (Lipinski definition) is 9. The standard InChI is InChI=1S/C28H20ClNO7S/c1-33-20-13-16(14-21(34-2)24(20)35-3)27(31)36-19-10-6-4-8-15(19)12-18-28(32)37-26(30-18)25-23(29)17-9-5-7-11-22(17)38-25/h4-14H,1-3H3/b18-12+. The highest BCUT2D eigenvalue weighted by atomic mass is 35.5. The molecule has 0 N–H and O–H groups in total. The SMILES string of the molecule is COc1cc(C(=O)Oc2ccccc2/C=C2/N=C(c3sc4ccccc4c3Cl)OC2=O)cc(OC)c1OC. The van der Waals surface area contributed by atoms with Crippen molar-refractivity contribution in [3.8, 4) is 23.0 Å². The fraction of sp³-hybridized carbons (Fsp3) is 0.107. The van der Waals surface area contributed by atoms with Crippen molar-refractivity contribution >= 4 is 56.9 Å². The van der Waals surface area contributed by atoms with Crippen LogP contribution in [0.3, 0.4) is 0 Å². The second-order valence-electron chi connectivity index (χ2n) is 7.92. The van der Waals surface area contributed by atoms with Crippen LogP contribution in [0.4, 0.5) is 0 Å². The van der Waals surface area contributed by atoms with Crippen molar-refractivity contribution in [2.24, 2.45) is 4.99 Å². The summed E-state index contributed by atoms with van der Waals surface area (Å²) in [4.78, 5) is 30.6. The molecule has 2 heterocycles. The molecule has 1 aliphatic heterocycles. The number of thiophene rings is 1. The number of esters is 2. The molecule has 0 spiro atoms. The molecule has 192 valence electrons. The number of nitrogens with zero attached hydrogens (tertiary/aromatic N) is 1. The molecule has 1 aliphatic rings. The van der Waals surface area contributed by atoms with E-state index in [1.165, 1.54) is 50.9 Å². The lowest BCUT2D eigenvalue weighted by Crippen LogP contribution is -2.10. The molecule has 38 heavy (non-hydrogen) atoms. The quantitative estimate of drug-likeness (QED) is 0.155. The third-order valence-electron chi connectivity index (χ3n) is 5.66. The van der Waals surface area contributed by atoms with E-state index < -0.39 is 11.9 Å². The summed E-state index contributed by atoms with van der Waals surface area (Å²) in [5, 5.41) is 1.33. The van der Waals surface area contributed by atoms with Crippen LogP contribution in [-0.4, -0.2) is 39.2 Å². The molecular weight excluding hydrogens is 530 g/mol. The zero-order chi connectivity index (χ0) is 26.8. The number of rotatable bonds is 7. The van der Waals surface area contributed by atoms with E-state index in [4.69, 9.17) is 35.3 Å². The van der Waals surface area contributed by atoms with Gasteiger partial charge < -0.3 is 23.7 Å². The minimum absolute atomic E-state index is 0.0461. The number of fused-ring (bicyclic) bond motifs is 1. The Bertz CT molecular complexity index is 1610. The van der Waals surface area contributed by atoms with Crippen LogP contribution in [0, 0.1) is 0 Å². The molecule has 0 amide bonds. The summed E-state index contributed by atoms with van der Waals surface area (Å²) in [6.45, 7) is 0. The van der Waals surface area contributed by atoms with Gasteiger partial charge in [0.25, 0.3) is 0 Å². The van der Waals surface area contributed by atoms with E-state index in [1.807, 2.05) is 24.3 Å². The number of benzene rings is 3. The number of hydrogen-bond donors (Lipinski definition) is 0. The minimum atomic E-state index is -0.662. The topological polar surface area (TPSA) is 92.7 Å². The second-order valence-corrected chi connectivity index (χ2v) is 9.35. The molecule has 0 atom stereocenters. The van der Waals surface area contributed by atoms with Gasteiger partial charge in [-0.25, -0.2) is 14.6 Å². The lowest BCUT2D eigenvalue weighted by Gasteiger charge is -2.14. The van der Waals surface area contributed by atoms with E-state index in [9.17, 15) is 9.59 Å². The largest absolute Gasteiger partial charge is 0.493 e. The smallest absolute Gasteiger partial charge is 0.363 e. The van der Waals surface area contributed by atoms with Gasteiger partial charge in [-0.2, -0.15) is 0 Å². The van der Waals surface area contributed by atoms with Crippen LogP contribution < -0.4 is 18.9 Å². The first kappa shape index (κ1) is 25.3. The van der Waals surface area contributed by atoms with Gasteiger partial charge in [-0.05, 0) is 30.3 Å². The van der Waals surface area contributed by atoms with Crippen LogP contribution in [0.1, 0.15) is 20.8 Å². The molecule has 5 rings (SSSR count). The molecule has 0 unspecified atom stereocenters. The number of ether oxygens (including phenoxy) is 5. The highest BCUT2D eigenvalue weighted by Crippen LogP contribution is 2.39. The van der Waals surface area contributed by atoms with Crippen LogP contribution in [0.25, 0.3) is 16.2 Å². The number of cyclic esters (lactones) is 1. The summed E-state index contributed by atoms with van der Waals surface area (Å²) in [5.74, 6) is 0.0113. The van der Waals surface area contributed by atoms with E-state index in [0.717, 1.165) is 10.1 Å². The molecule has 0 radical (unpaired) electrons. The lowest BCUT2D eigenvalue weighted by atomic mass is 10.1. The maximum absolute atomic E-state index is 13.0. The van der Waals surface area contributed by atoms with Gasteiger partial charge in [0.2, 0.25) is 11.6 Å². The molecule has 0 fully saturated rings. The fourth-order valence-electron chi connectivity index (χ4n) is 3.86. The number of methoxy groups -OCH3 is 3. The van der Waals surface area contributed by atoms with Crippen LogP contribution in [0.15, 0.2) is 71.4 Å². The van der Waals surface area contributed by atoms with Crippen LogP contribution >= 0.6 is 22.9 Å². The third-order valence-corrected chi connectivity index (χ3v) is 7.33. The molecule has 0 aliphatic carbocycles. The Morgan fingerprint density at radius 2 is 1.63 bits per heavy atom. The molecule has 10 heteroatoms. The number of carbonyl (C=O) groups is 2. The van der Waals surface area contributed by atoms with Crippen molar-refractivity contribution in [3.05, 3.63) is 87.4 Å². The van der Waals surface area contributed by atoms with Gasteiger partial charge in [0.15, 0.2) is 17.2 Å². The fourth-order valence-corrected chi connectivity index (χ4v) is 5.29. The zero-order valence-corrected chi connectivity index (χ0v) is 22.0. The Kier molecular flexibility index (Phi) is 7.04. The first-order valence-electron chi connectivity index (χ1n) is 11.2. The summed E-state index contributed by atoms with van der Waals surface area (Å²) in [6.07, 6.45) is 1.49. The predicted molar refractivity (Wildman–Crippen MR) is 145 cm³/mol. The monoisotopic (exact) mass is 549 g/mol. The van der Waals surface area contributed by atoms with Crippen LogP contribution in [0.5, 0.6) is 23.0 Å². The molecule has 0 bridgehead atoms. The predicted octanol–water partition coefficient (Wildman–Crippen LogP) is 6.14. The second kappa shape index (κ2) is 10.6. The van der Waals surface area contributed by atoms with Gasteiger partial charge in [0.1, 0.15) is 10.6 Å². The van der Waals surface area contributed by atoms with E-state index in [0.29, 0.717) is 32.7 Å². The van der Waals surface area contributed by atoms with Gasteiger partial charge in [-0.15, -0.1) is 11.3 Å². The highest BCUT2D eigenvalue weighted by Gasteiger charge is 2.28. The van der Waals surface area contributed by atoms with Crippen molar-refractivity contribution in [2.45, 2.75) is 0 Å². The molecule has 1 aromatic heterocycles. The summed E-state index contributed by atoms with van der Waals surface area (Å²) >= 11 is 7.91. The Labute approximate surface area is 226 Å². The number of halogens is 1. The van der Waals surface area contributed by atoms with Crippen molar-refractivity contribution in [1.82, 2.24) is 0 Å². The van der Waals surface area contributed by atoms with Gasteiger partial charge in [-0.3, -0.25) is 0 Å². The maximum atomic E-state index is 13.0. The molecule has 8 nitrogen and oxygen atoms in total. The molecule has 0 saturated heterocycles. The van der Waals surface area contributed by atoms with E-state index in [-0.39, 0.29) is 22.9 Å². The van der Waals surface area contributed by atoms with Gasteiger partial charge in [0, 0.05) is 15.6 Å². The van der Waals surface area contributed by atoms with Crippen LogP contribution in [0.2, 0.25) is 5.02 Å². The van der Waals surface area contributed by atoms with E-state index in [1.54, 1.807) is 24.3 Å². The zero-order valence-electron chi connectivity index (χ0n) is 20.4. The highest BCUT2D eigenvalue weighted by molar-refractivity contribution is 7.21. The molecule has 0 saturated carbocycles. The van der Waals surface area contributed by atoms with Crippen molar-refractivity contribution in [2.75, 3.05) is 21.3 Å². The Hall–Kier alpha value is -4.34. The summed E-state index contributed by atoms with van der Waals surface area (Å²) in [5.41, 5.74) is 0.680. The Morgan fingerprint density at radius 1 is 0.947 bits per heavy atom. The first-order valence-corrected chi connectivity index (χ1v) is 12.4. The molecule has 3 aromatic carbocycles. The first-order chi connectivity index (χ1) is 18.4. The average molecular weight is 550 g/mol. The number of carbonyl (C=O) groups excluding carboxylic acids is 2. The van der Waals surface area contributed by atoms with E-state index in [2.05, 4.69) is 4.99 Å². The summed E-state index contributed by atoms with van der Waals surface area (Å²) < 4.78 is 28.0. The molecular formula is C28H20ClNO7S. The van der Waals surface area contributed by atoms with Gasteiger partial charge in [-0.1, -0.05) is 48.0 Å². The van der Waals surface area contributed by atoms with Crippen molar-refractivity contribution in [3.63, 3.8) is 0 Å². The van der Waals surface area contributed by atoms with Crippen molar-refractivity contribution < 1.29 is 33.3 Å². The Balaban J connectivity index is 1.46. The lowest BCUT2D eigenvalue weighted by molar-refractivity contribution is -0.129.